The van der Waals surface area contributed by atoms with Crippen LogP contribution in [0.1, 0.15) is 161 Å². The predicted molar refractivity (Wildman–Crippen MR) is 320 cm³/mol. The highest BCUT2D eigenvalue weighted by molar-refractivity contribution is 5.98. The van der Waals surface area contributed by atoms with E-state index in [4.69, 9.17) is 5.26 Å². The van der Waals surface area contributed by atoms with E-state index in [0.717, 1.165) is 12.8 Å². The fraction of sp³-hybridized carbons (Fsp3) is 0.767. The van der Waals surface area contributed by atoms with E-state index in [1.54, 1.807) is 27.8 Å². The lowest BCUT2D eigenvalue weighted by molar-refractivity contribution is -0.147. The van der Waals surface area contributed by atoms with Crippen LogP contribution in [0.15, 0.2) is 12.2 Å². The highest BCUT2D eigenvalue weighted by Crippen LogP contribution is 2.21. The Balaban J connectivity index is 6.38. The van der Waals surface area contributed by atoms with Crippen molar-refractivity contribution < 1.29 is 52.7 Å². The van der Waals surface area contributed by atoms with Crippen LogP contribution >= 0.6 is 0 Å². The molecule has 0 radical (unpaired) electrons. The largest absolute Gasteiger partial charge is 0.358 e. The zero-order chi connectivity index (χ0) is 64.2. The molecule has 0 spiro atoms. The monoisotopic (exact) mass is 1170 g/mol. The van der Waals surface area contributed by atoms with Crippen molar-refractivity contribution in [2.24, 2.45) is 29.6 Å². The van der Waals surface area contributed by atoms with Crippen LogP contribution < -0.4 is 26.6 Å². The fourth-order valence-electron chi connectivity index (χ4n) is 9.31. The third kappa shape index (κ3) is 26.2. The number of carbonyl (C=O) groups excluding carboxylic acids is 11. The molecule has 0 heterocycles. The van der Waals surface area contributed by atoms with Crippen LogP contribution in [0, 0.1) is 40.9 Å². The van der Waals surface area contributed by atoms with Gasteiger partial charge in [-0.15, -0.1) is 0 Å². The van der Waals surface area contributed by atoms with E-state index in [9.17, 15) is 52.7 Å². The van der Waals surface area contributed by atoms with Gasteiger partial charge in [0.15, 0.2) is 0 Å². The van der Waals surface area contributed by atoms with E-state index in [1.807, 2.05) is 67.5 Å². The molecular formula is C60H106N12O11. The van der Waals surface area contributed by atoms with Crippen LogP contribution in [0.5, 0.6) is 0 Å². The molecule has 1 unspecified atom stereocenters. The zero-order valence-electron chi connectivity index (χ0n) is 54.0. The molecular weight excluding hydrogens is 1060 g/mol. The van der Waals surface area contributed by atoms with Crippen molar-refractivity contribution in [3.05, 3.63) is 12.2 Å². The van der Waals surface area contributed by atoms with Crippen LogP contribution in [-0.4, -0.2) is 205 Å². The number of nitrogens with zero attached hydrogens (tertiary/aromatic N) is 7. The third-order valence-electron chi connectivity index (χ3n) is 14.6. The zero-order valence-corrected chi connectivity index (χ0v) is 54.0. The Morgan fingerprint density at radius 1 is 0.506 bits per heavy atom. The standard InChI is InChI=1S/C60H106N12O11/c1-21-28-50(74)69(17)47(34-41(11)29-26-24-23-25-27-30-61)55(78)65-44(22-2)58(81)68(16)36-51(75)70(18)45(31-37(3)4)56(79)66-52(40(9)10)60(83)71(19)46(32-38(5)6)54(77)63-42(12)53(76)64-43(13)57(80)72(20)48(33-39(7)8)59(82)67(15)35-49(73)62-14/h24,26,37-48,52H,21-23,25,27-29,31-36H2,1-20H3,(H,62,73)(H,63,77)(H,64,76)(H,65,78)(H,66,79)/b26-24+/t41-,42-,43+,44+,45+,46+,47?,48+,52+/m1/s1. The highest BCUT2D eigenvalue weighted by atomic mass is 16.2. The van der Waals surface area contributed by atoms with E-state index in [1.165, 1.54) is 85.5 Å². The smallest absolute Gasteiger partial charge is 0.245 e. The Hall–Kier alpha value is -6.60. The summed E-state index contributed by atoms with van der Waals surface area (Å²) in [5, 5.41) is 22.3. The minimum absolute atomic E-state index is 0.00396. The molecule has 23 heteroatoms. The molecule has 0 rings (SSSR count). The Morgan fingerprint density at radius 3 is 1.48 bits per heavy atom. The number of unbranched alkanes of at least 4 members (excludes halogenated alkanes) is 2. The van der Waals surface area contributed by atoms with Crippen LogP contribution in [0.25, 0.3) is 0 Å². The maximum atomic E-state index is 14.5. The fourth-order valence-corrected chi connectivity index (χ4v) is 9.31. The number of nitriles is 1. The van der Waals surface area contributed by atoms with Crippen molar-refractivity contribution in [1.29, 1.82) is 5.26 Å². The summed E-state index contributed by atoms with van der Waals surface area (Å²) in [5.41, 5.74) is 0. The van der Waals surface area contributed by atoms with Crippen molar-refractivity contribution >= 4 is 65.0 Å². The molecule has 0 aliphatic heterocycles. The van der Waals surface area contributed by atoms with Crippen molar-refractivity contribution in [3.63, 3.8) is 0 Å². The first kappa shape index (κ1) is 76.4. The lowest BCUT2D eigenvalue weighted by atomic mass is 9.96. The minimum atomic E-state index is -1.19. The molecule has 83 heavy (non-hydrogen) atoms. The number of carbonyl (C=O) groups is 11. The van der Waals surface area contributed by atoms with Gasteiger partial charge in [-0.2, -0.15) is 5.26 Å². The summed E-state index contributed by atoms with van der Waals surface area (Å²) < 4.78 is 0. The van der Waals surface area contributed by atoms with E-state index in [-0.39, 0.29) is 74.1 Å². The Bertz CT molecular complexity index is 2230. The second-order valence-corrected chi connectivity index (χ2v) is 23.9. The van der Waals surface area contributed by atoms with E-state index < -0.39 is 114 Å². The molecule has 0 bridgehead atoms. The molecule has 9 atom stereocenters. The quantitative estimate of drug-likeness (QED) is 0.0441. The topological polar surface area (TPSA) is 291 Å². The van der Waals surface area contributed by atoms with Gasteiger partial charge in [0.2, 0.25) is 65.0 Å². The summed E-state index contributed by atoms with van der Waals surface area (Å²) in [6.45, 7) is 22.5. The van der Waals surface area contributed by atoms with E-state index >= 15 is 0 Å². The number of allylic oxidation sites excluding steroid dienone is 2. The van der Waals surface area contributed by atoms with Crippen molar-refractivity contribution in [3.8, 4) is 6.07 Å². The number of hydrogen-bond donors (Lipinski definition) is 5. The number of rotatable bonds is 37. The van der Waals surface area contributed by atoms with Crippen molar-refractivity contribution in [2.75, 3.05) is 62.4 Å². The molecule has 0 aliphatic rings. The van der Waals surface area contributed by atoms with Gasteiger partial charge in [0.25, 0.3) is 0 Å². The second kappa shape index (κ2) is 38.3. The summed E-state index contributed by atoms with van der Waals surface area (Å²) >= 11 is 0. The van der Waals surface area contributed by atoms with Crippen LogP contribution in [0.2, 0.25) is 0 Å². The lowest BCUT2D eigenvalue weighted by Gasteiger charge is -2.36. The van der Waals surface area contributed by atoms with Gasteiger partial charge in [-0.3, -0.25) is 52.7 Å². The minimum Gasteiger partial charge on any atom is -0.358 e. The second-order valence-electron chi connectivity index (χ2n) is 23.9. The van der Waals surface area contributed by atoms with Gasteiger partial charge in [-0.25, -0.2) is 0 Å². The molecule has 0 fully saturated rings. The molecule has 472 valence electrons. The summed E-state index contributed by atoms with van der Waals surface area (Å²) in [7, 11) is 10.3. The first-order valence-corrected chi connectivity index (χ1v) is 29.6. The summed E-state index contributed by atoms with van der Waals surface area (Å²) in [6.07, 6.45) is 8.60. The lowest BCUT2D eigenvalue weighted by Crippen LogP contribution is -2.60. The SMILES string of the molecule is CCCC(=O)N(C)C(C[C@H](C)C/C=C/CCCC#N)C(=O)N[C@@H](CC)C(=O)N(C)CC(=O)N(C)[C@@H](CC(C)C)C(=O)N[C@H](C(=O)N(C)[C@@H](CC(C)C)C(=O)N[C@H](C)C(=O)N[C@@H](C)C(=O)N(C)[C@@H](CC(C)C)C(=O)N(C)CC(=O)NC)C(C)C. The molecule has 0 saturated heterocycles. The molecule has 0 saturated carbocycles. The molecule has 0 aliphatic carbocycles. The maximum absolute atomic E-state index is 14.5. The van der Waals surface area contributed by atoms with Crippen LogP contribution in [0.3, 0.4) is 0 Å². The summed E-state index contributed by atoms with van der Waals surface area (Å²) in [6, 6.07) is -6.42. The van der Waals surface area contributed by atoms with Gasteiger partial charge in [0.1, 0.15) is 48.3 Å². The maximum Gasteiger partial charge on any atom is 0.245 e. The molecule has 5 N–H and O–H groups in total. The Morgan fingerprint density at radius 2 is 0.976 bits per heavy atom. The molecule has 23 nitrogen and oxygen atoms in total. The van der Waals surface area contributed by atoms with Gasteiger partial charge in [-0.1, -0.05) is 88.3 Å². The third-order valence-corrected chi connectivity index (χ3v) is 14.6. The molecule has 0 aromatic carbocycles. The average Bonchev–Trinajstić information content (AvgIpc) is 3.41. The van der Waals surface area contributed by atoms with Gasteiger partial charge in [-0.05, 0) is 101 Å². The first-order valence-electron chi connectivity index (χ1n) is 29.6. The van der Waals surface area contributed by atoms with Gasteiger partial charge in [0, 0.05) is 62.2 Å². The van der Waals surface area contributed by atoms with Gasteiger partial charge < -0.3 is 56.0 Å². The predicted octanol–water partition coefficient (Wildman–Crippen LogP) is 3.61. The molecule has 0 aromatic heterocycles. The summed E-state index contributed by atoms with van der Waals surface area (Å²) in [4.78, 5) is 159. The number of nitrogens with one attached hydrogen (secondary N) is 5. The average molecular weight is 1170 g/mol. The summed E-state index contributed by atoms with van der Waals surface area (Å²) in [5.74, 6) is -6.62. The normalized spacial score (nSPS) is 14.6. The van der Waals surface area contributed by atoms with Crippen molar-refractivity contribution in [1.82, 2.24) is 56.0 Å². The first-order chi connectivity index (χ1) is 38.6. The molecule has 0 aromatic rings. The number of likely N-dealkylation sites (N-methyl/N-ethyl adjacent to an activating group) is 7. The highest BCUT2D eigenvalue weighted by Gasteiger charge is 2.39. The van der Waals surface area contributed by atoms with Crippen LogP contribution in [0.4, 0.5) is 0 Å². The van der Waals surface area contributed by atoms with Crippen LogP contribution in [-0.2, 0) is 52.7 Å². The number of hydrogen-bond acceptors (Lipinski definition) is 12. The Kier molecular flexibility index (Phi) is 35.2. The van der Waals surface area contributed by atoms with Crippen molar-refractivity contribution in [2.45, 2.75) is 209 Å². The van der Waals surface area contributed by atoms with Gasteiger partial charge in [0.05, 0.1) is 19.2 Å². The van der Waals surface area contributed by atoms with E-state index in [0.29, 0.717) is 25.7 Å². The molecule has 11 amide bonds. The Labute approximate surface area is 496 Å². The van der Waals surface area contributed by atoms with Gasteiger partial charge >= 0.3 is 0 Å². The number of amides is 11. The van der Waals surface area contributed by atoms with E-state index in [2.05, 4.69) is 32.7 Å².